The fourth-order valence-electron chi connectivity index (χ4n) is 2.82. The highest BCUT2D eigenvalue weighted by Crippen LogP contribution is 2.33. The number of benzene rings is 1. The van der Waals surface area contributed by atoms with E-state index in [0.29, 0.717) is 16.1 Å². The van der Waals surface area contributed by atoms with Crippen LogP contribution in [0.5, 0.6) is 0 Å². The molecular formula is C16H16Cl2N2. The molecule has 3 rings (SSSR count). The molecule has 0 bridgehead atoms. The summed E-state index contributed by atoms with van der Waals surface area (Å²) in [5, 5.41) is 4.99. The fourth-order valence-corrected chi connectivity index (χ4v) is 3.39. The Morgan fingerprint density at radius 1 is 1.30 bits per heavy atom. The number of nitrogens with zero attached hydrogens (tertiary/aromatic N) is 1. The maximum Gasteiger partial charge on any atom is 0.0605 e. The summed E-state index contributed by atoms with van der Waals surface area (Å²) in [5.41, 5.74) is 3.59. The number of aryl methyl sites for hydroxylation is 1. The average molecular weight is 307 g/mol. The number of aromatic nitrogens is 1. The van der Waals surface area contributed by atoms with Gasteiger partial charge in [-0.15, -0.1) is 0 Å². The Bertz CT molecular complexity index is 628. The van der Waals surface area contributed by atoms with Crippen molar-refractivity contribution in [1.29, 1.82) is 0 Å². The molecule has 0 spiro atoms. The van der Waals surface area contributed by atoms with Crippen molar-refractivity contribution in [3.05, 3.63) is 63.4 Å². The molecule has 1 N–H and O–H groups in total. The van der Waals surface area contributed by atoms with Gasteiger partial charge in [0.25, 0.3) is 0 Å². The Hall–Kier alpha value is -1.09. The zero-order chi connectivity index (χ0) is 14.1. The topological polar surface area (TPSA) is 24.9 Å². The summed E-state index contributed by atoms with van der Waals surface area (Å²) in [5.74, 6) is 0. The van der Waals surface area contributed by atoms with E-state index in [2.05, 4.69) is 23.3 Å². The molecule has 0 radical (unpaired) electrons. The van der Waals surface area contributed by atoms with Crippen molar-refractivity contribution < 1.29 is 0 Å². The van der Waals surface area contributed by atoms with Crippen LogP contribution in [0.15, 0.2) is 36.5 Å². The highest BCUT2D eigenvalue weighted by atomic mass is 35.5. The number of fused-ring (bicyclic) bond motifs is 1. The van der Waals surface area contributed by atoms with E-state index in [1.807, 2.05) is 24.4 Å². The van der Waals surface area contributed by atoms with Crippen molar-refractivity contribution in [3.63, 3.8) is 0 Å². The number of nitrogens with one attached hydrogen (secondary N) is 1. The first-order chi connectivity index (χ1) is 9.65. The highest BCUT2D eigenvalue weighted by Gasteiger charge is 2.25. The molecule has 0 saturated heterocycles. The molecule has 2 atom stereocenters. The first-order valence-electron chi connectivity index (χ1n) is 6.80. The predicted molar refractivity (Wildman–Crippen MR) is 83.3 cm³/mol. The Kier molecular flexibility index (Phi) is 3.97. The van der Waals surface area contributed by atoms with Gasteiger partial charge in [0.2, 0.25) is 0 Å². The maximum atomic E-state index is 6.27. The normalized spacial score (nSPS) is 18.9. The number of pyridine rings is 1. The van der Waals surface area contributed by atoms with Crippen LogP contribution in [0.4, 0.5) is 0 Å². The molecule has 2 aromatic rings. The molecule has 0 fully saturated rings. The molecule has 1 heterocycles. The summed E-state index contributed by atoms with van der Waals surface area (Å²) in [6.45, 7) is 2.12. The molecule has 1 aromatic carbocycles. The van der Waals surface area contributed by atoms with E-state index >= 15 is 0 Å². The minimum atomic E-state index is 0.165. The standard InChI is InChI=1S/C16H16Cl2N2/c1-10(13-6-5-12(17)9-14(13)18)20-15-7-4-11-3-2-8-19-16(11)15/h2-3,5-6,8-10,15,20H,4,7H2,1H3. The molecule has 0 amide bonds. The van der Waals surface area contributed by atoms with Crippen molar-refractivity contribution in [1.82, 2.24) is 10.3 Å². The quantitative estimate of drug-likeness (QED) is 0.887. The van der Waals surface area contributed by atoms with E-state index < -0.39 is 0 Å². The summed E-state index contributed by atoms with van der Waals surface area (Å²) in [7, 11) is 0. The van der Waals surface area contributed by atoms with Crippen molar-refractivity contribution in [2.24, 2.45) is 0 Å². The zero-order valence-corrected chi connectivity index (χ0v) is 12.7. The third kappa shape index (κ3) is 2.69. The molecule has 2 unspecified atom stereocenters. The molecular weight excluding hydrogens is 291 g/mol. The van der Waals surface area contributed by atoms with Gasteiger partial charge >= 0.3 is 0 Å². The summed E-state index contributed by atoms with van der Waals surface area (Å²) in [6, 6.07) is 10.3. The lowest BCUT2D eigenvalue weighted by Gasteiger charge is -2.21. The lowest BCUT2D eigenvalue weighted by molar-refractivity contribution is 0.458. The van der Waals surface area contributed by atoms with Crippen LogP contribution in [-0.2, 0) is 6.42 Å². The van der Waals surface area contributed by atoms with Crippen LogP contribution in [0.1, 0.15) is 42.2 Å². The monoisotopic (exact) mass is 306 g/mol. The van der Waals surface area contributed by atoms with E-state index in [0.717, 1.165) is 18.4 Å². The molecule has 4 heteroatoms. The summed E-state index contributed by atoms with van der Waals surface area (Å²) < 4.78 is 0. The molecule has 1 aliphatic carbocycles. The zero-order valence-electron chi connectivity index (χ0n) is 11.2. The van der Waals surface area contributed by atoms with Crippen LogP contribution in [0.25, 0.3) is 0 Å². The van der Waals surface area contributed by atoms with Crippen LogP contribution < -0.4 is 5.32 Å². The Morgan fingerprint density at radius 3 is 2.95 bits per heavy atom. The van der Waals surface area contributed by atoms with E-state index in [1.54, 1.807) is 6.07 Å². The van der Waals surface area contributed by atoms with Gasteiger partial charge in [-0.3, -0.25) is 4.98 Å². The SMILES string of the molecule is CC(NC1CCc2cccnc21)c1ccc(Cl)cc1Cl. The summed E-state index contributed by atoms with van der Waals surface area (Å²) >= 11 is 12.2. The number of hydrogen-bond acceptors (Lipinski definition) is 2. The summed E-state index contributed by atoms with van der Waals surface area (Å²) in [4.78, 5) is 4.51. The van der Waals surface area contributed by atoms with Crippen LogP contribution >= 0.6 is 23.2 Å². The van der Waals surface area contributed by atoms with Gasteiger partial charge < -0.3 is 5.32 Å². The lowest BCUT2D eigenvalue weighted by atomic mass is 10.1. The van der Waals surface area contributed by atoms with E-state index in [4.69, 9.17) is 23.2 Å². The second-order valence-corrected chi connectivity index (χ2v) is 6.04. The van der Waals surface area contributed by atoms with E-state index in [1.165, 1.54) is 11.3 Å². The van der Waals surface area contributed by atoms with Gasteiger partial charge in [-0.25, -0.2) is 0 Å². The number of halogens is 2. The van der Waals surface area contributed by atoms with Gasteiger partial charge in [0.1, 0.15) is 0 Å². The minimum Gasteiger partial charge on any atom is -0.302 e. The first kappa shape index (κ1) is 13.9. The molecule has 1 aliphatic rings. The maximum absolute atomic E-state index is 6.27. The minimum absolute atomic E-state index is 0.165. The average Bonchev–Trinajstić information content (AvgIpc) is 2.82. The Labute approximate surface area is 129 Å². The third-order valence-corrected chi connectivity index (χ3v) is 4.40. The fraction of sp³-hybridized carbons (Fsp3) is 0.312. The van der Waals surface area contributed by atoms with Gasteiger partial charge in [0.05, 0.1) is 11.7 Å². The van der Waals surface area contributed by atoms with E-state index in [-0.39, 0.29) is 6.04 Å². The Balaban J connectivity index is 1.79. The largest absolute Gasteiger partial charge is 0.302 e. The van der Waals surface area contributed by atoms with Gasteiger partial charge in [0.15, 0.2) is 0 Å². The van der Waals surface area contributed by atoms with Gasteiger partial charge in [-0.05, 0) is 49.1 Å². The third-order valence-electron chi connectivity index (χ3n) is 3.84. The van der Waals surface area contributed by atoms with Gasteiger partial charge in [-0.2, -0.15) is 0 Å². The van der Waals surface area contributed by atoms with Crippen molar-refractivity contribution in [2.45, 2.75) is 31.8 Å². The van der Waals surface area contributed by atoms with Crippen molar-refractivity contribution in [3.8, 4) is 0 Å². The number of rotatable bonds is 3. The van der Waals surface area contributed by atoms with Crippen LogP contribution in [0.2, 0.25) is 10.0 Å². The van der Waals surface area contributed by atoms with E-state index in [9.17, 15) is 0 Å². The molecule has 104 valence electrons. The smallest absolute Gasteiger partial charge is 0.0605 e. The molecule has 20 heavy (non-hydrogen) atoms. The molecule has 0 aliphatic heterocycles. The number of hydrogen-bond donors (Lipinski definition) is 1. The predicted octanol–water partition coefficient (Wildman–Crippen LogP) is 4.73. The van der Waals surface area contributed by atoms with Crippen molar-refractivity contribution >= 4 is 23.2 Å². The Morgan fingerprint density at radius 2 is 2.15 bits per heavy atom. The molecule has 0 saturated carbocycles. The molecule has 1 aromatic heterocycles. The highest BCUT2D eigenvalue weighted by molar-refractivity contribution is 6.35. The van der Waals surface area contributed by atoms with Crippen LogP contribution in [0.3, 0.4) is 0 Å². The second-order valence-electron chi connectivity index (χ2n) is 5.19. The first-order valence-corrected chi connectivity index (χ1v) is 7.55. The van der Waals surface area contributed by atoms with Gasteiger partial charge in [-0.1, -0.05) is 35.3 Å². The van der Waals surface area contributed by atoms with Crippen LogP contribution in [-0.4, -0.2) is 4.98 Å². The summed E-state index contributed by atoms with van der Waals surface area (Å²) in [6.07, 6.45) is 4.03. The van der Waals surface area contributed by atoms with Gasteiger partial charge in [0, 0.05) is 22.3 Å². The lowest BCUT2D eigenvalue weighted by Crippen LogP contribution is -2.23. The van der Waals surface area contributed by atoms with Crippen LogP contribution in [0, 0.1) is 0 Å². The second kappa shape index (κ2) is 5.72. The van der Waals surface area contributed by atoms with Crippen molar-refractivity contribution in [2.75, 3.05) is 0 Å². The molecule has 2 nitrogen and oxygen atoms in total.